The molecule has 0 aliphatic rings. The van der Waals surface area contributed by atoms with Gasteiger partial charge < -0.3 is 20.3 Å². The molecule has 0 unspecified atom stereocenters. The van der Waals surface area contributed by atoms with E-state index in [1.807, 2.05) is 35.0 Å². The zero-order valence-electron chi connectivity index (χ0n) is 13.5. The third-order valence-electron chi connectivity index (χ3n) is 3.69. The van der Waals surface area contributed by atoms with Crippen LogP contribution < -0.4 is 10.6 Å². The van der Waals surface area contributed by atoms with E-state index in [1.54, 1.807) is 7.05 Å². The minimum atomic E-state index is -0.849. The summed E-state index contributed by atoms with van der Waals surface area (Å²) in [4.78, 5) is 33.9. The van der Waals surface area contributed by atoms with Crippen LogP contribution in [0.25, 0.3) is 10.9 Å². The third kappa shape index (κ3) is 4.84. The van der Waals surface area contributed by atoms with Gasteiger partial charge in [0.2, 0.25) is 11.8 Å². The van der Waals surface area contributed by atoms with Gasteiger partial charge in [-0.3, -0.25) is 14.4 Å². The summed E-state index contributed by atoms with van der Waals surface area (Å²) >= 11 is 0. The van der Waals surface area contributed by atoms with Crippen LogP contribution in [-0.4, -0.2) is 34.5 Å². The Hall–Kier alpha value is -2.83. The number of nitrogens with one attached hydrogen (secondary N) is 2. The molecule has 2 rings (SSSR count). The Labute approximate surface area is 139 Å². The van der Waals surface area contributed by atoms with E-state index in [9.17, 15) is 14.4 Å². The molecule has 1 aromatic heterocycles. The molecule has 7 nitrogen and oxygen atoms in total. The Morgan fingerprint density at radius 3 is 2.54 bits per heavy atom. The van der Waals surface area contributed by atoms with Gasteiger partial charge >= 0.3 is 5.97 Å². The van der Waals surface area contributed by atoms with Crippen molar-refractivity contribution in [2.24, 2.45) is 0 Å². The van der Waals surface area contributed by atoms with Gasteiger partial charge in [0.15, 0.2) is 0 Å². The standard InChI is InChI=1S/C17H21N3O4/c1-18-16(22)11-20-9-8-12-6-7-13(10-14(12)20)19-15(21)4-2-3-5-17(23)24/h6-10H,2-5,11H2,1H3,(H,18,22)(H,19,21)(H,23,24). The fraction of sp³-hybridized carbons (Fsp3) is 0.353. The number of carboxylic acid groups (broad SMARTS) is 1. The van der Waals surface area contributed by atoms with Crippen LogP contribution >= 0.6 is 0 Å². The number of carbonyl (C=O) groups is 3. The Bertz CT molecular complexity index is 751. The summed E-state index contributed by atoms with van der Waals surface area (Å²) in [5.74, 6) is -1.10. The van der Waals surface area contributed by atoms with Crippen molar-refractivity contribution in [1.29, 1.82) is 0 Å². The van der Waals surface area contributed by atoms with E-state index < -0.39 is 5.97 Å². The topological polar surface area (TPSA) is 100 Å². The summed E-state index contributed by atoms with van der Waals surface area (Å²) in [6.07, 6.45) is 3.21. The number of likely N-dealkylation sites (N-methyl/N-ethyl adjacent to an activating group) is 1. The Morgan fingerprint density at radius 1 is 1.08 bits per heavy atom. The van der Waals surface area contributed by atoms with Crippen LogP contribution in [-0.2, 0) is 20.9 Å². The van der Waals surface area contributed by atoms with Crippen LogP contribution in [0, 0.1) is 0 Å². The lowest BCUT2D eigenvalue weighted by Crippen LogP contribution is -2.23. The lowest BCUT2D eigenvalue weighted by atomic mass is 10.2. The molecule has 1 aromatic carbocycles. The molecule has 2 aromatic rings. The van der Waals surface area contributed by atoms with Crippen LogP contribution in [0.1, 0.15) is 25.7 Å². The van der Waals surface area contributed by atoms with Crippen molar-refractivity contribution >= 4 is 34.4 Å². The number of amides is 2. The first-order valence-electron chi connectivity index (χ1n) is 7.80. The van der Waals surface area contributed by atoms with Gasteiger partial charge in [-0.25, -0.2) is 0 Å². The van der Waals surface area contributed by atoms with Crippen molar-refractivity contribution in [1.82, 2.24) is 9.88 Å². The fourth-order valence-electron chi connectivity index (χ4n) is 2.42. The van der Waals surface area contributed by atoms with Gasteiger partial charge in [0.1, 0.15) is 6.54 Å². The summed E-state index contributed by atoms with van der Waals surface area (Å²) in [6, 6.07) is 7.43. The number of carbonyl (C=O) groups excluding carboxylic acids is 2. The van der Waals surface area contributed by atoms with Gasteiger partial charge in [-0.1, -0.05) is 6.07 Å². The molecule has 0 radical (unpaired) electrons. The van der Waals surface area contributed by atoms with Crippen molar-refractivity contribution < 1.29 is 19.5 Å². The molecule has 0 aliphatic carbocycles. The predicted molar refractivity (Wildman–Crippen MR) is 90.7 cm³/mol. The molecule has 0 bridgehead atoms. The Morgan fingerprint density at radius 2 is 1.83 bits per heavy atom. The van der Waals surface area contributed by atoms with E-state index in [2.05, 4.69) is 10.6 Å². The zero-order chi connectivity index (χ0) is 17.5. The van der Waals surface area contributed by atoms with Crippen LogP contribution in [0.3, 0.4) is 0 Å². The minimum Gasteiger partial charge on any atom is -0.481 e. The largest absolute Gasteiger partial charge is 0.481 e. The first kappa shape index (κ1) is 17.5. The number of carboxylic acids is 1. The number of nitrogens with zero attached hydrogens (tertiary/aromatic N) is 1. The molecule has 0 fully saturated rings. The molecular weight excluding hydrogens is 310 g/mol. The Kier molecular flexibility index (Phi) is 5.95. The second-order valence-corrected chi connectivity index (χ2v) is 5.54. The van der Waals surface area contributed by atoms with Crippen LogP contribution in [0.2, 0.25) is 0 Å². The highest BCUT2D eigenvalue weighted by Crippen LogP contribution is 2.21. The number of unbranched alkanes of at least 4 members (excludes halogenated alkanes) is 1. The molecule has 0 aliphatic heterocycles. The summed E-state index contributed by atoms with van der Waals surface area (Å²) < 4.78 is 1.82. The van der Waals surface area contributed by atoms with Crippen LogP contribution in [0.5, 0.6) is 0 Å². The van der Waals surface area contributed by atoms with Crippen LogP contribution in [0.4, 0.5) is 5.69 Å². The number of hydrogen-bond donors (Lipinski definition) is 3. The second kappa shape index (κ2) is 8.14. The summed E-state index contributed by atoms with van der Waals surface area (Å²) in [7, 11) is 1.59. The normalized spacial score (nSPS) is 10.5. The van der Waals surface area contributed by atoms with E-state index >= 15 is 0 Å². The van der Waals surface area contributed by atoms with Crippen molar-refractivity contribution in [3.05, 3.63) is 30.5 Å². The minimum absolute atomic E-state index is 0.0756. The average Bonchev–Trinajstić information content (AvgIpc) is 2.93. The molecule has 0 atom stereocenters. The fourth-order valence-corrected chi connectivity index (χ4v) is 2.42. The number of aliphatic carboxylic acids is 1. The molecule has 7 heteroatoms. The first-order valence-corrected chi connectivity index (χ1v) is 7.80. The molecule has 3 N–H and O–H groups in total. The van der Waals surface area contributed by atoms with E-state index in [0.29, 0.717) is 18.5 Å². The highest BCUT2D eigenvalue weighted by Gasteiger charge is 2.08. The summed E-state index contributed by atoms with van der Waals surface area (Å²) in [6.45, 7) is 0.215. The van der Waals surface area contributed by atoms with Crippen molar-refractivity contribution in [3.8, 4) is 0 Å². The smallest absolute Gasteiger partial charge is 0.303 e. The average molecular weight is 331 g/mol. The zero-order valence-corrected chi connectivity index (χ0v) is 13.5. The number of rotatable bonds is 8. The van der Waals surface area contributed by atoms with Gasteiger partial charge in [0, 0.05) is 31.8 Å². The van der Waals surface area contributed by atoms with Gasteiger partial charge in [-0.15, -0.1) is 0 Å². The van der Waals surface area contributed by atoms with Crippen molar-refractivity contribution in [2.45, 2.75) is 32.2 Å². The predicted octanol–water partition coefficient (Wildman–Crippen LogP) is 1.97. The maximum absolute atomic E-state index is 11.9. The molecule has 0 spiro atoms. The lowest BCUT2D eigenvalue weighted by molar-refractivity contribution is -0.137. The number of anilines is 1. The van der Waals surface area contributed by atoms with Gasteiger partial charge in [-0.05, 0) is 36.4 Å². The quantitative estimate of drug-likeness (QED) is 0.644. The third-order valence-corrected chi connectivity index (χ3v) is 3.69. The molecule has 1 heterocycles. The highest BCUT2D eigenvalue weighted by molar-refractivity contribution is 5.94. The Balaban J connectivity index is 1.99. The molecule has 128 valence electrons. The first-order chi connectivity index (χ1) is 11.5. The maximum atomic E-state index is 11.9. The van der Waals surface area contributed by atoms with E-state index in [4.69, 9.17) is 5.11 Å². The summed E-state index contributed by atoms with van der Waals surface area (Å²) in [5.41, 5.74) is 1.52. The lowest BCUT2D eigenvalue weighted by Gasteiger charge is -2.08. The molecular formula is C17H21N3O4. The SMILES string of the molecule is CNC(=O)Cn1ccc2ccc(NC(=O)CCCCC(=O)O)cc21. The second-order valence-electron chi connectivity index (χ2n) is 5.54. The highest BCUT2D eigenvalue weighted by atomic mass is 16.4. The van der Waals surface area contributed by atoms with E-state index in [1.165, 1.54) is 0 Å². The van der Waals surface area contributed by atoms with Crippen LogP contribution in [0.15, 0.2) is 30.5 Å². The molecule has 2 amide bonds. The molecule has 0 saturated carbocycles. The van der Waals surface area contributed by atoms with Gasteiger partial charge in [0.05, 0.1) is 5.52 Å². The monoisotopic (exact) mass is 331 g/mol. The van der Waals surface area contributed by atoms with E-state index in [-0.39, 0.29) is 31.2 Å². The maximum Gasteiger partial charge on any atom is 0.303 e. The number of benzene rings is 1. The van der Waals surface area contributed by atoms with Crippen molar-refractivity contribution in [3.63, 3.8) is 0 Å². The molecule has 24 heavy (non-hydrogen) atoms. The summed E-state index contributed by atoms with van der Waals surface area (Å²) in [5, 5.41) is 14.9. The number of fused-ring (bicyclic) bond motifs is 1. The van der Waals surface area contributed by atoms with Crippen molar-refractivity contribution in [2.75, 3.05) is 12.4 Å². The van der Waals surface area contributed by atoms with Gasteiger partial charge in [0.25, 0.3) is 0 Å². The van der Waals surface area contributed by atoms with E-state index in [0.717, 1.165) is 10.9 Å². The molecule has 0 saturated heterocycles. The number of hydrogen-bond acceptors (Lipinski definition) is 3. The van der Waals surface area contributed by atoms with Gasteiger partial charge in [-0.2, -0.15) is 0 Å². The number of aromatic nitrogens is 1.